The molecule has 0 atom stereocenters. The van der Waals surface area contributed by atoms with Gasteiger partial charge in [0.1, 0.15) is 16.5 Å². The van der Waals surface area contributed by atoms with Crippen LogP contribution in [0.5, 0.6) is 23.0 Å². The van der Waals surface area contributed by atoms with Crippen molar-refractivity contribution in [3.63, 3.8) is 0 Å². The summed E-state index contributed by atoms with van der Waals surface area (Å²) in [6.45, 7) is 0. The molecule has 10 nitrogen and oxygen atoms in total. The van der Waals surface area contributed by atoms with E-state index in [0.29, 0.717) is 0 Å². The lowest BCUT2D eigenvalue weighted by molar-refractivity contribution is 0.477. The first-order valence-electron chi connectivity index (χ1n) is 22.5. The molecule has 2 aliphatic rings. The topological polar surface area (TPSA) is 85.3 Å². The van der Waals surface area contributed by atoms with Gasteiger partial charge < -0.3 is 19.3 Å². The highest BCUT2D eigenvalue weighted by Gasteiger charge is 2.29. The predicted octanol–water partition coefficient (Wildman–Crippen LogP) is 13.5. The number of hydrogen-bond donors (Lipinski definition) is 0. The SMILES string of the molecule is c1ccc2c(c1)Oc1ccccc1N2c1ccc(C(c2ccc(N3c4ccccc4Oc4ccccc43)cc2)=c2n3c4nccnc4c4cccc(c5cccc6c7nccnc7n2c56)c43)cc1. The summed E-state index contributed by atoms with van der Waals surface area (Å²) in [5.74, 6) is 3.20. The molecular formula is C58H34N8O2. The van der Waals surface area contributed by atoms with Crippen molar-refractivity contribution in [2.45, 2.75) is 0 Å². The molecule has 0 bridgehead atoms. The van der Waals surface area contributed by atoms with E-state index in [0.717, 1.165) is 134 Å². The Morgan fingerprint density at radius 1 is 0.338 bits per heavy atom. The monoisotopic (exact) mass is 874 g/mol. The van der Waals surface area contributed by atoms with Gasteiger partial charge in [0.25, 0.3) is 0 Å². The van der Waals surface area contributed by atoms with Crippen LogP contribution in [-0.4, -0.2) is 28.7 Å². The number of nitrogens with zero attached hydrogens (tertiary/aromatic N) is 8. The van der Waals surface area contributed by atoms with Crippen molar-refractivity contribution in [1.29, 1.82) is 0 Å². The summed E-state index contributed by atoms with van der Waals surface area (Å²) in [5, 5.41) is 4.18. The molecule has 0 saturated heterocycles. The Hall–Kier alpha value is -9.54. The fraction of sp³-hybridized carbons (Fsp3) is 0. The van der Waals surface area contributed by atoms with Crippen LogP contribution in [0.4, 0.5) is 34.1 Å². The van der Waals surface area contributed by atoms with Crippen molar-refractivity contribution in [3.05, 3.63) is 223 Å². The van der Waals surface area contributed by atoms with E-state index in [1.807, 2.05) is 48.5 Å². The second-order valence-electron chi connectivity index (χ2n) is 17.1. The highest BCUT2D eigenvalue weighted by molar-refractivity contribution is 6.22. The largest absolute Gasteiger partial charge is 0.453 e. The fourth-order valence-corrected chi connectivity index (χ4v) is 10.6. The molecule has 0 spiro atoms. The van der Waals surface area contributed by atoms with E-state index in [4.69, 9.17) is 29.4 Å². The zero-order valence-corrected chi connectivity index (χ0v) is 36.0. The normalized spacial score (nSPS) is 12.9. The number of para-hydroxylation sites is 10. The first kappa shape index (κ1) is 36.8. The zero-order valence-electron chi connectivity index (χ0n) is 36.0. The van der Waals surface area contributed by atoms with E-state index in [9.17, 15) is 0 Å². The summed E-state index contributed by atoms with van der Waals surface area (Å²) in [4.78, 5) is 24.8. The van der Waals surface area contributed by atoms with Crippen LogP contribution in [0.15, 0.2) is 207 Å². The first-order chi connectivity index (χ1) is 33.8. The van der Waals surface area contributed by atoms with Gasteiger partial charge in [0.2, 0.25) is 0 Å². The van der Waals surface area contributed by atoms with Crippen LogP contribution < -0.4 is 24.8 Å². The van der Waals surface area contributed by atoms with E-state index in [-0.39, 0.29) is 0 Å². The van der Waals surface area contributed by atoms with Crippen LogP contribution in [0.3, 0.4) is 0 Å². The van der Waals surface area contributed by atoms with Gasteiger partial charge in [-0.25, -0.2) is 9.97 Å². The molecular weight excluding hydrogens is 841 g/mol. The van der Waals surface area contributed by atoms with Gasteiger partial charge >= 0.3 is 0 Å². The van der Waals surface area contributed by atoms with Gasteiger partial charge in [-0.15, -0.1) is 0 Å². The van der Waals surface area contributed by atoms with Crippen molar-refractivity contribution in [2.75, 3.05) is 9.80 Å². The standard InChI is InChI=1S/C58H34N8O2/c1-5-19-47-43(15-1)63(44-16-2-6-20-48(44)67-47)37-27-23-35(24-28-37)51(36-25-29-38(30-26-36)64-45-17-3-7-21-49(45)68-50-22-8-4-18-46(50)64)58-65-54-39(11-9-13-41(54)52-56(65)61-33-31-59-52)40-12-10-14-42-53-57(62-34-32-60-53)66(58)55(40)42/h1-34H. The molecule has 0 saturated carbocycles. The first-order valence-corrected chi connectivity index (χ1v) is 22.5. The van der Waals surface area contributed by atoms with E-state index in [1.165, 1.54) is 0 Å². The molecule has 0 amide bonds. The van der Waals surface area contributed by atoms with Crippen LogP contribution in [0, 0.1) is 0 Å². The summed E-state index contributed by atoms with van der Waals surface area (Å²) in [6.07, 6.45) is 7.11. The Bertz CT molecular complexity index is 3930. The molecule has 5 aromatic heterocycles. The van der Waals surface area contributed by atoms with Crippen molar-refractivity contribution in [2.24, 2.45) is 0 Å². The molecule has 8 aromatic carbocycles. The fourth-order valence-electron chi connectivity index (χ4n) is 10.6. The summed E-state index contributed by atoms with van der Waals surface area (Å²) >= 11 is 0. The average Bonchev–Trinajstić information content (AvgIpc) is 3.88. The maximum atomic E-state index is 6.41. The van der Waals surface area contributed by atoms with Crippen molar-refractivity contribution >= 4 is 94.6 Å². The van der Waals surface area contributed by atoms with Gasteiger partial charge in [0.05, 0.1) is 33.8 Å². The molecule has 0 aliphatic carbocycles. The summed E-state index contributed by atoms with van der Waals surface area (Å²) in [6, 6.07) is 63.4. The second-order valence-corrected chi connectivity index (χ2v) is 17.1. The molecule has 13 aromatic rings. The van der Waals surface area contributed by atoms with Crippen LogP contribution in [0.1, 0.15) is 11.1 Å². The summed E-state index contributed by atoms with van der Waals surface area (Å²) in [5.41, 5.74) is 14.8. The van der Waals surface area contributed by atoms with Crippen LogP contribution in [0.25, 0.3) is 60.5 Å². The molecule has 0 fully saturated rings. The summed E-state index contributed by atoms with van der Waals surface area (Å²) in [7, 11) is 0. The molecule has 15 rings (SSSR count). The molecule has 0 radical (unpaired) electrons. The zero-order chi connectivity index (χ0) is 44.5. The highest BCUT2D eigenvalue weighted by Crippen LogP contribution is 2.52. The Kier molecular flexibility index (Phi) is 7.56. The number of ether oxygens (including phenoxy) is 2. The third-order valence-electron chi connectivity index (χ3n) is 13.4. The Morgan fingerprint density at radius 3 is 1.09 bits per heavy atom. The number of aromatic nitrogens is 6. The molecule has 318 valence electrons. The average molecular weight is 875 g/mol. The van der Waals surface area contributed by atoms with Gasteiger partial charge in [-0.1, -0.05) is 109 Å². The van der Waals surface area contributed by atoms with Gasteiger partial charge in [-0.05, 0) is 83.9 Å². The van der Waals surface area contributed by atoms with Crippen LogP contribution in [-0.2, 0) is 0 Å². The van der Waals surface area contributed by atoms with E-state index in [1.54, 1.807) is 24.8 Å². The number of rotatable bonds is 4. The van der Waals surface area contributed by atoms with Crippen LogP contribution >= 0.6 is 0 Å². The molecule has 10 heteroatoms. The van der Waals surface area contributed by atoms with E-state index < -0.39 is 0 Å². The molecule has 68 heavy (non-hydrogen) atoms. The lowest BCUT2D eigenvalue weighted by atomic mass is 9.97. The molecule has 7 heterocycles. The third kappa shape index (κ3) is 5.10. The number of anilines is 6. The second kappa shape index (κ2) is 14.0. The van der Waals surface area contributed by atoms with E-state index in [2.05, 4.69) is 152 Å². The minimum Gasteiger partial charge on any atom is -0.453 e. The molecule has 2 aliphatic heterocycles. The Labute approximate surface area is 387 Å². The van der Waals surface area contributed by atoms with Crippen LogP contribution in [0.2, 0.25) is 0 Å². The minimum atomic E-state index is 0.741. The van der Waals surface area contributed by atoms with Gasteiger partial charge in [0.15, 0.2) is 34.3 Å². The van der Waals surface area contributed by atoms with E-state index >= 15 is 0 Å². The maximum absolute atomic E-state index is 6.41. The van der Waals surface area contributed by atoms with Crippen molar-refractivity contribution < 1.29 is 9.47 Å². The number of benzene rings is 8. The van der Waals surface area contributed by atoms with Gasteiger partial charge in [-0.2, -0.15) is 0 Å². The molecule has 0 N–H and O–H groups in total. The minimum absolute atomic E-state index is 0.741. The third-order valence-corrected chi connectivity index (χ3v) is 13.4. The van der Waals surface area contributed by atoms with Crippen molar-refractivity contribution in [3.8, 4) is 23.0 Å². The lowest BCUT2D eigenvalue weighted by Gasteiger charge is -2.33. The predicted molar refractivity (Wildman–Crippen MR) is 269 cm³/mol. The lowest BCUT2D eigenvalue weighted by Crippen LogP contribution is -2.25. The Balaban J connectivity index is 1.08. The smallest absolute Gasteiger partial charge is 0.165 e. The number of fused-ring (bicyclic) bond motifs is 11. The van der Waals surface area contributed by atoms with Crippen molar-refractivity contribution in [1.82, 2.24) is 28.7 Å². The number of hydrogen-bond acceptors (Lipinski definition) is 8. The summed E-state index contributed by atoms with van der Waals surface area (Å²) < 4.78 is 17.4. The quantitative estimate of drug-likeness (QED) is 0.173. The molecule has 0 unspecified atom stereocenters. The highest BCUT2D eigenvalue weighted by atomic mass is 16.5. The Morgan fingerprint density at radius 2 is 0.691 bits per heavy atom. The van der Waals surface area contributed by atoms with Gasteiger partial charge in [-0.3, -0.25) is 18.8 Å². The van der Waals surface area contributed by atoms with Gasteiger partial charge in [0, 0.05) is 63.3 Å². The maximum Gasteiger partial charge on any atom is 0.165 e.